The van der Waals surface area contributed by atoms with Gasteiger partial charge in [-0.1, -0.05) is 29.3 Å². The van der Waals surface area contributed by atoms with E-state index in [1.54, 1.807) is 18.2 Å². The van der Waals surface area contributed by atoms with Crippen LogP contribution in [0.3, 0.4) is 0 Å². The molecule has 1 aliphatic carbocycles. The molecule has 0 heterocycles. The Kier molecular flexibility index (Phi) is 4.32. The Hall–Kier alpha value is -1.26. The Balaban J connectivity index is 2.01. The highest BCUT2D eigenvalue weighted by Crippen LogP contribution is 2.25. The molecule has 102 valence electrons. The van der Waals surface area contributed by atoms with Crippen LogP contribution < -0.4 is 5.32 Å². The molecule has 0 radical (unpaired) electrons. The summed E-state index contributed by atoms with van der Waals surface area (Å²) in [5, 5.41) is 3.16. The van der Waals surface area contributed by atoms with E-state index in [0.29, 0.717) is 0 Å². The summed E-state index contributed by atoms with van der Waals surface area (Å²) in [6.07, 6.45) is 1.08. The molecular formula is C13H13Cl2NO3. The van der Waals surface area contributed by atoms with Crippen molar-refractivity contribution in [1.29, 1.82) is 0 Å². The third kappa shape index (κ3) is 3.61. The van der Waals surface area contributed by atoms with Crippen molar-refractivity contribution in [2.75, 3.05) is 0 Å². The Morgan fingerprint density at radius 3 is 2.42 bits per heavy atom. The van der Waals surface area contributed by atoms with E-state index < -0.39 is 12.1 Å². The van der Waals surface area contributed by atoms with Crippen LogP contribution in [0.1, 0.15) is 30.1 Å². The van der Waals surface area contributed by atoms with E-state index in [-0.39, 0.29) is 27.6 Å². The first-order valence-corrected chi connectivity index (χ1v) is 6.70. The van der Waals surface area contributed by atoms with Crippen LogP contribution in [0.4, 0.5) is 0 Å². The van der Waals surface area contributed by atoms with Gasteiger partial charge in [0.1, 0.15) is 0 Å². The van der Waals surface area contributed by atoms with Gasteiger partial charge in [-0.2, -0.15) is 0 Å². The minimum Gasteiger partial charge on any atom is -0.449 e. The maximum absolute atomic E-state index is 11.9. The second-order valence-corrected chi connectivity index (χ2v) is 5.24. The maximum atomic E-state index is 11.9. The molecule has 1 aliphatic rings. The average Bonchev–Trinajstić information content (AvgIpc) is 3.12. The molecule has 2 rings (SSSR count). The minimum absolute atomic E-state index is 0.0805. The van der Waals surface area contributed by atoms with Crippen molar-refractivity contribution in [2.24, 2.45) is 0 Å². The Bertz CT molecular complexity index is 494. The molecule has 1 aromatic rings. The van der Waals surface area contributed by atoms with Gasteiger partial charge < -0.3 is 10.1 Å². The van der Waals surface area contributed by atoms with Gasteiger partial charge in [-0.3, -0.25) is 4.79 Å². The van der Waals surface area contributed by atoms with Gasteiger partial charge in [0.2, 0.25) is 0 Å². The fraction of sp³-hybridized carbons (Fsp3) is 0.385. The maximum Gasteiger partial charge on any atom is 0.341 e. The Labute approximate surface area is 121 Å². The van der Waals surface area contributed by atoms with E-state index in [0.717, 1.165) is 12.8 Å². The van der Waals surface area contributed by atoms with Crippen LogP contribution in [0.25, 0.3) is 0 Å². The van der Waals surface area contributed by atoms with Gasteiger partial charge in [0.15, 0.2) is 6.10 Å². The van der Waals surface area contributed by atoms with Crippen LogP contribution in [0.5, 0.6) is 0 Å². The number of hydrogen-bond donors (Lipinski definition) is 1. The van der Waals surface area contributed by atoms with Gasteiger partial charge >= 0.3 is 5.97 Å². The number of rotatable bonds is 4. The number of ether oxygens (including phenoxy) is 1. The highest BCUT2D eigenvalue weighted by molar-refractivity contribution is 6.39. The molecule has 0 aromatic heterocycles. The quantitative estimate of drug-likeness (QED) is 0.870. The van der Waals surface area contributed by atoms with Gasteiger partial charge in [-0.25, -0.2) is 4.79 Å². The van der Waals surface area contributed by atoms with Crippen LogP contribution >= 0.6 is 23.2 Å². The van der Waals surface area contributed by atoms with E-state index in [1.807, 2.05) is 0 Å². The molecule has 1 amide bonds. The number of amides is 1. The SMILES string of the molecule is C[C@@H](OC(=O)c1c(Cl)cccc1Cl)C(=O)NC1CC1. The zero-order valence-corrected chi connectivity index (χ0v) is 11.8. The third-order valence-electron chi connectivity index (χ3n) is 2.74. The molecule has 0 unspecified atom stereocenters. The van der Waals surface area contributed by atoms with Crippen LogP contribution in [0.2, 0.25) is 10.0 Å². The van der Waals surface area contributed by atoms with Crippen LogP contribution in [0, 0.1) is 0 Å². The van der Waals surface area contributed by atoms with Crippen LogP contribution in [0.15, 0.2) is 18.2 Å². The number of benzene rings is 1. The van der Waals surface area contributed by atoms with Gasteiger partial charge in [0, 0.05) is 6.04 Å². The molecule has 6 heteroatoms. The predicted octanol–water partition coefficient (Wildman–Crippen LogP) is 2.82. The fourth-order valence-corrected chi connectivity index (χ4v) is 2.06. The van der Waals surface area contributed by atoms with Gasteiger partial charge in [0.25, 0.3) is 5.91 Å². The lowest BCUT2D eigenvalue weighted by molar-refractivity contribution is -0.129. The first-order valence-electron chi connectivity index (χ1n) is 5.94. The lowest BCUT2D eigenvalue weighted by atomic mass is 10.2. The van der Waals surface area contributed by atoms with E-state index in [4.69, 9.17) is 27.9 Å². The number of esters is 1. The lowest BCUT2D eigenvalue weighted by Crippen LogP contribution is -2.37. The molecule has 0 saturated heterocycles. The van der Waals surface area contributed by atoms with Gasteiger partial charge in [0.05, 0.1) is 15.6 Å². The molecule has 0 bridgehead atoms. The molecule has 1 N–H and O–H groups in total. The molecule has 0 aliphatic heterocycles. The van der Waals surface area contributed by atoms with E-state index in [9.17, 15) is 9.59 Å². The van der Waals surface area contributed by atoms with Crippen molar-refractivity contribution in [3.05, 3.63) is 33.8 Å². The number of carbonyl (C=O) groups is 2. The lowest BCUT2D eigenvalue weighted by Gasteiger charge is -2.14. The summed E-state index contributed by atoms with van der Waals surface area (Å²) < 4.78 is 5.07. The third-order valence-corrected chi connectivity index (χ3v) is 3.37. The van der Waals surface area contributed by atoms with Crippen molar-refractivity contribution < 1.29 is 14.3 Å². The first kappa shape index (κ1) is 14.2. The molecular weight excluding hydrogens is 289 g/mol. The molecule has 1 fully saturated rings. The summed E-state index contributed by atoms with van der Waals surface area (Å²) in [7, 11) is 0. The predicted molar refractivity (Wildman–Crippen MR) is 72.5 cm³/mol. The Morgan fingerprint density at radius 1 is 1.32 bits per heavy atom. The number of hydrogen-bond acceptors (Lipinski definition) is 3. The highest BCUT2D eigenvalue weighted by Gasteiger charge is 2.28. The summed E-state index contributed by atoms with van der Waals surface area (Å²) in [6.45, 7) is 1.51. The molecule has 1 saturated carbocycles. The topological polar surface area (TPSA) is 55.4 Å². The normalized spacial score (nSPS) is 15.7. The fourth-order valence-electron chi connectivity index (χ4n) is 1.51. The van der Waals surface area contributed by atoms with E-state index in [1.165, 1.54) is 6.92 Å². The second kappa shape index (κ2) is 5.80. The molecule has 19 heavy (non-hydrogen) atoms. The molecule has 0 spiro atoms. The van der Waals surface area contributed by atoms with Crippen molar-refractivity contribution in [3.8, 4) is 0 Å². The summed E-state index contributed by atoms with van der Waals surface area (Å²) in [6, 6.07) is 4.93. The Morgan fingerprint density at radius 2 is 1.89 bits per heavy atom. The van der Waals surface area contributed by atoms with Crippen LogP contribution in [-0.2, 0) is 9.53 Å². The minimum atomic E-state index is -0.875. The smallest absolute Gasteiger partial charge is 0.341 e. The second-order valence-electron chi connectivity index (χ2n) is 4.43. The highest BCUT2D eigenvalue weighted by atomic mass is 35.5. The summed E-state index contributed by atoms with van der Waals surface area (Å²) in [4.78, 5) is 23.6. The molecule has 4 nitrogen and oxygen atoms in total. The largest absolute Gasteiger partial charge is 0.449 e. The van der Waals surface area contributed by atoms with E-state index >= 15 is 0 Å². The monoisotopic (exact) mass is 301 g/mol. The van der Waals surface area contributed by atoms with Crippen molar-refractivity contribution in [2.45, 2.75) is 31.9 Å². The van der Waals surface area contributed by atoms with Gasteiger partial charge in [-0.05, 0) is 31.9 Å². The summed E-state index contributed by atoms with van der Waals surface area (Å²) >= 11 is 11.8. The molecule has 1 atom stereocenters. The van der Waals surface area contributed by atoms with Crippen molar-refractivity contribution in [3.63, 3.8) is 0 Å². The first-order chi connectivity index (χ1) is 8.99. The standard InChI is InChI=1S/C13H13Cl2NO3/c1-7(12(17)16-8-5-6-8)19-13(18)11-9(14)3-2-4-10(11)15/h2-4,7-8H,5-6H2,1H3,(H,16,17)/t7-/m1/s1. The van der Waals surface area contributed by atoms with Gasteiger partial charge in [-0.15, -0.1) is 0 Å². The zero-order valence-electron chi connectivity index (χ0n) is 10.3. The number of nitrogens with one attached hydrogen (secondary N) is 1. The molecule has 1 aromatic carbocycles. The average molecular weight is 302 g/mol. The van der Waals surface area contributed by atoms with Crippen LogP contribution in [-0.4, -0.2) is 24.0 Å². The van der Waals surface area contributed by atoms with Crippen molar-refractivity contribution in [1.82, 2.24) is 5.32 Å². The summed E-state index contributed by atoms with van der Waals surface area (Å²) in [5.41, 5.74) is 0.0805. The van der Waals surface area contributed by atoms with Crippen molar-refractivity contribution >= 4 is 35.1 Å². The van der Waals surface area contributed by atoms with E-state index in [2.05, 4.69) is 5.32 Å². The number of halogens is 2. The number of carbonyl (C=O) groups excluding carboxylic acids is 2. The summed E-state index contributed by atoms with van der Waals surface area (Å²) in [5.74, 6) is -1.01. The zero-order chi connectivity index (χ0) is 14.0.